The van der Waals surface area contributed by atoms with Gasteiger partial charge in [-0.15, -0.1) is 0 Å². The highest BCUT2D eigenvalue weighted by atomic mass is 28.4. The van der Waals surface area contributed by atoms with E-state index in [1.165, 1.54) is 0 Å². The Morgan fingerprint density at radius 1 is 1.17 bits per heavy atom. The van der Waals surface area contributed by atoms with Crippen molar-refractivity contribution in [2.45, 2.75) is 33.2 Å². The molecule has 0 aromatic carbocycles. The van der Waals surface area contributed by atoms with E-state index in [0.29, 0.717) is 38.1 Å². The monoisotopic (exact) mass is 341 g/mol. The zero-order valence-corrected chi connectivity index (χ0v) is 15.1. The number of nitrogens with one attached hydrogen (secondary N) is 2. The van der Waals surface area contributed by atoms with Gasteiger partial charge in [-0.2, -0.15) is 0 Å². The Bertz CT molecular complexity index is 431. The van der Waals surface area contributed by atoms with Crippen molar-refractivity contribution in [3.8, 4) is 0 Å². The van der Waals surface area contributed by atoms with Crippen LogP contribution in [0.25, 0.3) is 0 Å². The maximum Gasteiger partial charge on any atom is 0.319 e. The number of anilines is 1. The Hall–Kier alpha value is -1.48. The fourth-order valence-electron chi connectivity index (χ4n) is 2.12. The zero-order valence-electron chi connectivity index (χ0n) is 14.1. The highest BCUT2D eigenvalue weighted by Crippen LogP contribution is 2.17. The lowest BCUT2D eigenvalue weighted by atomic mass is 10.4. The van der Waals surface area contributed by atoms with Crippen molar-refractivity contribution in [3.63, 3.8) is 0 Å². The van der Waals surface area contributed by atoms with Gasteiger partial charge in [-0.1, -0.05) is 12.5 Å². The van der Waals surface area contributed by atoms with E-state index in [1.54, 1.807) is 24.5 Å². The van der Waals surface area contributed by atoms with Crippen LogP contribution in [0.1, 0.15) is 27.2 Å². The Labute approximate surface area is 139 Å². The SMILES string of the molecule is CCO[Si-](CCCNC(=O)Nc1cccnc1)(OCC)OCC. The summed E-state index contributed by atoms with van der Waals surface area (Å²) in [6.07, 6.45) is 3.98. The second-order valence-corrected chi connectivity index (χ2v) is 7.44. The third-order valence-electron chi connectivity index (χ3n) is 2.96. The number of urea groups is 1. The van der Waals surface area contributed by atoms with E-state index in [9.17, 15) is 4.79 Å². The van der Waals surface area contributed by atoms with Crippen LogP contribution in [0.4, 0.5) is 10.5 Å². The van der Waals surface area contributed by atoms with Crippen LogP contribution in [-0.2, 0) is 13.3 Å². The summed E-state index contributed by atoms with van der Waals surface area (Å²) in [5, 5.41) is 5.53. The Balaban J connectivity index is 2.36. The maximum atomic E-state index is 11.8. The van der Waals surface area contributed by atoms with Crippen LogP contribution < -0.4 is 10.6 Å². The zero-order chi connectivity index (χ0) is 17.0. The summed E-state index contributed by atoms with van der Waals surface area (Å²) >= 11 is 0. The highest BCUT2D eigenvalue weighted by molar-refractivity contribution is 6.60. The Morgan fingerprint density at radius 2 is 1.83 bits per heavy atom. The Morgan fingerprint density at radius 3 is 2.35 bits per heavy atom. The summed E-state index contributed by atoms with van der Waals surface area (Å²) in [4.78, 5) is 15.7. The largest absolute Gasteiger partial charge is 0.525 e. The van der Waals surface area contributed by atoms with Gasteiger partial charge in [0.25, 0.3) is 8.80 Å². The molecule has 2 N–H and O–H groups in total. The van der Waals surface area contributed by atoms with Crippen molar-refractivity contribution >= 4 is 20.5 Å². The molecule has 0 fully saturated rings. The molecule has 7 nitrogen and oxygen atoms in total. The molecule has 0 saturated heterocycles. The third-order valence-corrected chi connectivity index (χ3v) is 6.11. The first-order valence-electron chi connectivity index (χ1n) is 8.02. The molecule has 0 atom stereocenters. The molecular weight excluding hydrogens is 314 g/mol. The number of hydrogen-bond acceptors (Lipinski definition) is 5. The molecule has 0 aliphatic rings. The molecule has 1 aromatic rings. The second kappa shape index (κ2) is 11.1. The predicted octanol–water partition coefficient (Wildman–Crippen LogP) is 2.64. The lowest BCUT2D eigenvalue weighted by molar-refractivity contribution is 0.0708. The highest BCUT2D eigenvalue weighted by Gasteiger charge is 2.24. The molecular formula is C15H27N3O4Si-. The topological polar surface area (TPSA) is 81.7 Å². The van der Waals surface area contributed by atoms with E-state index < -0.39 is 8.80 Å². The Kier molecular flexibility index (Phi) is 9.45. The summed E-state index contributed by atoms with van der Waals surface area (Å²) in [6, 6.07) is 3.97. The second-order valence-electron chi connectivity index (χ2n) is 4.71. The molecule has 1 heterocycles. The van der Waals surface area contributed by atoms with E-state index in [1.807, 2.05) is 20.8 Å². The lowest BCUT2D eigenvalue weighted by Gasteiger charge is -2.42. The van der Waals surface area contributed by atoms with Crippen LogP contribution in [0.15, 0.2) is 24.5 Å². The van der Waals surface area contributed by atoms with Gasteiger partial charge in [-0.3, -0.25) is 4.98 Å². The van der Waals surface area contributed by atoms with E-state index >= 15 is 0 Å². The molecule has 0 spiro atoms. The standard InChI is InChI=1S/C15H27N3O4Si/c1-4-20-23(21-5-2,22-6-3)12-8-11-17-15(19)18-14-9-7-10-16-13-14/h7,9-10,13H,4-6,8,11-12H2,1-3H3,(H2,17,18,19)/q-1. The molecule has 0 unspecified atom stereocenters. The van der Waals surface area contributed by atoms with Crippen LogP contribution in [0, 0.1) is 0 Å². The molecule has 0 aliphatic heterocycles. The summed E-state index contributed by atoms with van der Waals surface area (Å²) in [7, 11) is -2.62. The van der Waals surface area contributed by atoms with E-state index in [-0.39, 0.29) is 6.03 Å². The van der Waals surface area contributed by atoms with Crippen LogP contribution in [0.5, 0.6) is 0 Å². The normalized spacial score (nSPS) is 11.3. The van der Waals surface area contributed by atoms with E-state index in [0.717, 1.165) is 6.42 Å². The van der Waals surface area contributed by atoms with Gasteiger partial charge < -0.3 is 23.9 Å². The van der Waals surface area contributed by atoms with Gasteiger partial charge in [0.2, 0.25) is 0 Å². The van der Waals surface area contributed by atoms with Gasteiger partial charge >= 0.3 is 6.03 Å². The summed E-state index contributed by atoms with van der Waals surface area (Å²) < 4.78 is 17.3. The average molecular weight is 341 g/mol. The van der Waals surface area contributed by atoms with Crippen LogP contribution in [-0.4, -0.2) is 46.2 Å². The van der Waals surface area contributed by atoms with Crippen molar-refractivity contribution in [2.24, 2.45) is 0 Å². The summed E-state index contributed by atoms with van der Waals surface area (Å²) in [5.41, 5.74) is 0.659. The lowest BCUT2D eigenvalue weighted by Crippen LogP contribution is -2.46. The van der Waals surface area contributed by atoms with Crippen molar-refractivity contribution in [1.29, 1.82) is 0 Å². The van der Waals surface area contributed by atoms with Crippen molar-refractivity contribution in [1.82, 2.24) is 10.3 Å². The molecule has 23 heavy (non-hydrogen) atoms. The first kappa shape index (κ1) is 19.6. The molecule has 0 aliphatic carbocycles. The van der Waals surface area contributed by atoms with Crippen LogP contribution in [0.3, 0.4) is 0 Å². The predicted molar refractivity (Wildman–Crippen MR) is 91.3 cm³/mol. The number of amides is 2. The average Bonchev–Trinajstić information content (AvgIpc) is 2.53. The number of nitrogens with zero attached hydrogens (tertiary/aromatic N) is 1. The molecule has 0 radical (unpaired) electrons. The minimum Gasteiger partial charge on any atom is -0.525 e. The van der Waals surface area contributed by atoms with E-state index in [4.69, 9.17) is 13.3 Å². The number of aromatic nitrogens is 1. The van der Waals surface area contributed by atoms with Crippen molar-refractivity contribution < 1.29 is 18.1 Å². The van der Waals surface area contributed by atoms with Gasteiger partial charge in [0.15, 0.2) is 0 Å². The summed E-state index contributed by atoms with van der Waals surface area (Å²) in [6.45, 7) is 7.98. The minimum absolute atomic E-state index is 0.255. The maximum absolute atomic E-state index is 11.8. The molecule has 8 heteroatoms. The quantitative estimate of drug-likeness (QED) is 0.478. The molecule has 1 aromatic heterocycles. The number of carbonyl (C=O) groups is 1. The minimum atomic E-state index is -2.62. The third kappa shape index (κ3) is 7.55. The number of carbonyl (C=O) groups excluding carboxylic acids is 1. The number of rotatable bonds is 11. The summed E-state index contributed by atoms with van der Waals surface area (Å²) in [5.74, 6) is 0. The van der Waals surface area contributed by atoms with Gasteiger partial charge in [0.05, 0.1) is 11.9 Å². The van der Waals surface area contributed by atoms with E-state index in [2.05, 4.69) is 15.6 Å². The first-order chi connectivity index (χ1) is 11.2. The molecule has 2 amide bonds. The van der Waals surface area contributed by atoms with Gasteiger partial charge in [0, 0.05) is 32.6 Å². The van der Waals surface area contributed by atoms with Gasteiger partial charge in [0.1, 0.15) is 0 Å². The fraction of sp³-hybridized carbons (Fsp3) is 0.600. The molecule has 0 bridgehead atoms. The smallest absolute Gasteiger partial charge is 0.319 e. The van der Waals surface area contributed by atoms with Gasteiger partial charge in [-0.05, 0) is 32.9 Å². The molecule has 131 valence electrons. The van der Waals surface area contributed by atoms with Gasteiger partial charge in [-0.25, -0.2) is 4.79 Å². The van der Waals surface area contributed by atoms with Crippen molar-refractivity contribution in [2.75, 3.05) is 31.7 Å². The fourth-order valence-corrected chi connectivity index (χ4v) is 4.73. The number of pyridine rings is 1. The first-order valence-corrected chi connectivity index (χ1v) is 9.95. The molecule has 0 saturated carbocycles. The number of hydrogen-bond donors (Lipinski definition) is 2. The van der Waals surface area contributed by atoms with Crippen molar-refractivity contribution in [3.05, 3.63) is 24.5 Å². The van der Waals surface area contributed by atoms with Crippen LogP contribution >= 0.6 is 0 Å². The molecule has 1 rings (SSSR count). The van der Waals surface area contributed by atoms with Crippen LogP contribution in [0.2, 0.25) is 6.04 Å².